The van der Waals surface area contributed by atoms with Crippen molar-refractivity contribution in [3.8, 4) is 0 Å². The van der Waals surface area contributed by atoms with Gasteiger partial charge in [0.25, 0.3) is 0 Å². The van der Waals surface area contributed by atoms with Gasteiger partial charge in [-0.1, -0.05) is 45.8 Å². The van der Waals surface area contributed by atoms with Gasteiger partial charge in [-0.05, 0) is 12.5 Å². The second-order valence-corrected chi connectivity index (χ2v) is 6.19. The summed E-state index contributed by atoms with van der Waals surface area (Å²) in [5, 5.41) is 9.36. The van der Waals surface area contributed by atoms with Crippen LogP contribution >= 0.6 is 15.9 Å². The molecule has 1 aliphatic rings. The number of amides is 1. The predicted molar refractivity (Wildman–Crippen MR) is 75.4 cm³/mol. The number of alkyl halides is 1. The molecule has 0 bridgehead atoms. The topological polar surface area (TPSA) is 57.6 Å². The van der Waals surface area contributed by atoms with Crippen LogP contribution in [0.25, 0.3) is 0 Å². The highest BCUT2D eigenvalue weighted by Crippen LogP contribution is 2.22. The van der Waals surface area contributed by atoms with Gasteiger partial charge in [-0.3, -0.25) is 4.79 Å². The van der Waals surface area contributed by atoms with Crippen molar-refractivity contribution in [2.75, 3.05) is 6.54 Å². The van der Waals surface area contributed by atoms with E-state index in [-0.39, 0.29) is 10.7 Å². The van der Waals surface area contributed by atoms with E-state index in [0.717, 1.165) is 11.1 Å². The Morgan fingerprint density at radius 3 is 2.84 bits per heavy atom. The summed E-state index contributed by atoms with van der Waals surface area (Å²) in [6, 6.07) is 6.95. The number of aliphatic carboxylic acids is 1. The monoisotopic (exact) mass is 325 g/mol. The molecule has 1 heterocycles. The molecule has 1 unspecified atom stereocenters. The molecule has 1 aliphatic heterocycles. The van der Waals surface area contributed by atoms with Gasteiger partial charge in [0.05, 0.1) is 0 Å². The maximum absolute atomic E-state index is 11.8. The normalized spacial score (nSPS) is 20.6. The lowest BCUT2D eigenvalue weighted by Crippen LogP contribution is -2.43. The Labute approximate surface area is 120 Å². The fourth-order valence-corrected chi connectivity index (χ4v) is 2.97. The van der Waals surface area contributed by atoms with Crippen LogP contribution in [0.1, 0.15) is 17.5 Å². The number of nitrogens with zero attached hydrogens (tertiary/aromatic N) is 1. The molecule has 2 atom stereocenters. The van der Waals surface area contributed by atoms with E-state index in [1.54, 1.807) is 0 Å². The molecule has 19 heavy (non-hydrogen) atoms. The van der Waals surface area contributed by atoms with E-state index < -0.39 is 12.0 Å². The fourth-order valence-electron chi connectivity index (χ4n) is 2.38. The van der Waals surface area contributed by atoms with E-state index in [0.29, 0.717) is 19.4 Å². The number of rotatable bonds is 4. The van der Waals surface area contributed by atoms with Crippen LogP contribution in [0.15, 0.2) is 24.3 Å². The first-order valence-electron chi connectivity index (χ1n) is 6.19. The quantitative estimate of drug-likeness (QED) is 0.861. The molecule has 1 amide bonds. The fraction of sp³-hybridized carbons (Fsp3) is 0.429. The number of benzene rings is 1. The number of hydrogen-bond acceptors (Lipinski definition) is 2. The second-order valence-electron chi connectivity index (χ2n) is 4.89. The maximum Gasteiger partial charge on any atom is 0.326 e. The number of likely N-dealkylation sites (tertiary alicyclic amines) is 1. The Kier molecular flexibility index (Phi) is 4.24. The van der Waals surface area contributed by atoms with Crippen molar-refractivity contribution in [3.63, 3.8) is 0 Å². The van der Waals surface area contributed by atoms with Crippen LogP contribution < -0.4 is 0 Å². The van der Waals surface area contributed by atoms with Crippen molar-refractivity contribution in [1.29, 1.82) is 0 Å². The molecule has 0 radical (unpaired) electrons. The number of halogens is 1. The summed E-state index contributed by atoms with van der Waals surface area (Å²) in [7, 11) is 0. The Hall–Kier alpha value is -1.36. The molecular formula is C14H16BrNO3. The lowest BCUT2D eigenvalue weighted by molar-refractivity contribution is -0.148. The first-order chi connectivity index (χ1) is 8.97. The molecular weight excluding hydrogens is 310 g/mol. The van der Waals surface area contributed by atoms with Crippen molar-refractivity contribution in [1.82, 2.24) is 4.90 Å². The third-order valence-corrected chi connectivity index (χ3v) is 3.90. The number of carboxylic acid groups (broad SMARTS) is 1. The van der Waals surface area contributed by atoms with Gasteiger partial charge in [-0.15, -0.1) is 0 Å². The van der Waals surface area contributed by atoms with Gasteiger partial charge < -0.3 is 10.0 Å². The Bertz CT molecular complexity index is 503. The lowest BCUT2D eigenvalue weighted by Gasteiger charge is -2.24. The van der Waals surface area contributed by atoms with Crippen LogP contribution in [0.5, 0.6) is 0 Å². The number of carboxylic acids is 1. The molecule has 1 saturated heterocycles. The van der Waals surface area contributed by atoms with E-state index >= 15 is 0 Å². The van der Waals surface area contributed by atoms with Gasteiger partial charge in [0.2, 0.25) is 5.91 Å². The Morgan fingerprint density at radius 1 is 1.58 bits per heavy atom. The minimum absolute atomic E-state index is 0.0550. The first-order valence-corrected chi connectivity index (χ1v) is 7.11. The smallest absolute Gasteiger partial charge is 0.326 e. The van der Waals surface area contributed by atoms with Crippen molar-refractivity contribution in [2.45, 2.75) is 30.6 Å². The third kappa shape index (κ3) is 3.35. The Balaban J connectivity index is 2.17. The molecule has 0 aliphatic carbocycles. The van der Waals surface area contributed by atoms with Gasteiger partial charge in [0, 0.05) is 24.2 Å². The number of carbonyl (C=O) groups is 2. The standard InChI is InChI=1S/C14H16BrNO3/c1-9-3-2-4-10(5-9)6-12(14(18)19)16-8-11(15)7-13(16)17/h2-5,11-12H,6-8H2,1H3,(H,18,19)/t11?,12-/m0/s1. The zero-order valence-corrected chi connectivity index (χ0v) is 12.3. The SMILES string of the molecule is Cc1cccc(C[C@@H](C(=O)O)N2CC(Br)CC2=O)c1. The van der Waals surface area contributed by atoms with Crippen molar-refractivity contribution in [2.24, 2.45) is 0 Å². The predicted octanol–water partition coefficient (Wildman–Crippen LogP) is 1.99. The molecule has 1 aromatic carbocycles. The average Bonchev–Trinajstić information content (AvgIpc) is 2.65. The van der Waals surface area contributed by atoms with Crippen molar-refractivity contribution < 1.29 is 14.7 Å². The summed E-state index contributed by atoms with van der Waals surface area (Å²) < 4.78 is 0. The average molecular weight is 326 g/mol. The zero-order valence-electron chi connectivity index (χ0n) is 10.7. The first kappa shape index (κ1) is 14.1. The highest BCUT2D eigenvalue weighted by atomic mass is 79.9. The van der Waals surface area contributed by atoms with E-state index in [1.807, 2.05) is 31.2 Å². The molecule has 1 fully saturated rings. The third-order valence-electron chi connectivity index (χ3n) is 3.28. The van der Waals surface area contributed by atoms with Crippen LogP contribution in [0, 0.1) is 6.92 Å². The largest absolute Gasteiger partial charge is 0.480 e. The van der Waals surface area contributed by atoms with Gasteiger partial charge >= 0.3 is 5.97 Å². The zero-order chi connectivity index (χ0) is 14.0. The highest BCUT2D eigenvalue weighted by molar-refractivity contribution is 9.09. The Morgan fingerprint density at radius 2 is 2.32 bits per heavy atom. The maximum atomic E-state index is 11.8. The molecule has 102 valence electrons. The van der Waals surface area contributed by atoms with Crippen LogP contribution in [0.4, 0.5) is 0 Å². The van der Waals surface area contributed by atoms with Crippen LogP contribution in [0.2, 0.25) is 0 Å². The molecule has 1 aromatic rings. The van der Waals surface area contributed by atoms with Crippen molar-refractivity contribution >= 4 is 27.8 Å². The molecule has 0 aromatic heterocycles. The number of carbonyl (C=O) groups excluding carboxylic acids is 1. The molecule has 0 saturated carbocycles. The summed E-state index contributed by atoms with van der Waals surface area (Å²) >= 11 is 3.38. The van der Waals surface area contributed by atoms with Gasteiger partial charge in [-0.2, -0.15) is 0 Å². The van der Waals surface area contributed by atoms with Gasteiger partial charge in [0.1, 0.15) is 6.04 Å². The summed E-state index contributed by atoms with van der Waals surface area (Å²) in [6.45, 7) is 2.43. The van der Waals surface area contributed by atoms with Crippen LogP contribution in [0.3, 0.4) is 0 Å². The molecule has 4 nitrogen and oxygen atoms in total. The summed E-state index contributed by atoms with van der Waals surface area (Å²) in [5.41, 5.74) is 2.03. The molecule has 5 heteroatoms. The second kappa shape index (κ2) is 5.74. The van der Waals surface area contributed by atoms with E-state index in [4.69, 9.17) is 0 Å². The highest BCUT2D eigenvalue weighted by Gasteiger charge is 2.36. The minimum Gasteiger partial charge on any atom is -0.480 e. The van der Waals surface area contributed by atoms with E-state index in [9.17, 15) is 14.7 Å². The number of aryl methyl sites for hydroxylation is 1. The van der Waals surface area contributed by atoms with Crippen LogP contribution in [-0.4, -0.2) is 39.3 Å². The van der Waals surface area contributed by atoms with Crippen LogP contribution in [-0.2, 0) is 16.0 Å². The van der Waals surface area contributed by atoms with E-state index in [2.05, 4.69) is 15.9 Å². The van der Waals surface area contributed by atoms with Gasteiger partial charge in [0.15, 0.2) is 0 Å². The summed E-state index contributed by atoms with van der Waals surface area (Å²) in [5.74, 6) is -1.04. The summed E-state index contributed by atoms with van der Waals surface area (Å²) in [6.07, 6.45) is 0.722. The minimum atomic E-state index is -0.948. The van der Waals surface area contributed by atoms with Crippen molar-refractivity contribution in [3.05, 3.63) is 35.4 Å². The lowest BCUT2D eigenvalue weighted by atomic mass is 10.0. The summed E-state index contributed by atoms with van der Waals surface area (Å²) in [4.78, 5) is 24.8. The number of hydrogen-bond donors (Lipinski definition) is 1. The molecule has 2 rings (SSSR count). The molecule has 1 N–H and O–H groups in total. The molecule has 0 spiro atoms. The van der Waals surface area contributed by atoms with Gasteiger partial charge in [-0.25, -0.2) is 4.79 Å². The van der Waals surface area contributed by atoms with E-state index in [1.165, 1.54) is 4.90 Å².